The molecule has 13 rings (SSSR count). The third-order valence-corrected chi connectivity index (χ3v) is 14.8. The second-order valence-electron chi connectivity index (χ2n) is 20.2. The predicted octanol–water partition coefficient (Wildman–Crippen LogP) is 23.6. The fourth-order valence-electron chi connectivity index (χ4n) is 10.8. The first-order valence-electron chi connectivity index (χ1n) is 28.1. The van der Waals surface area contributed by atoms with Crippen LogP contribution in [0, 0.1) is 6.92 Å². The van der Waals surface area contributed by atoms with Crippen molar-refractivity contribution in [1.82, 2.24) is 0 Å². The zero-order valence-corrected chi connectivity index (χ0v) is 46.5. The van der Waals surface area contributed by atoms with E-state index in [-0.39, 0.29) is 0 Å². The molecule has 0 heteroatoms. The van der Waals surface area contributed by atoms with Crippen molar-refractivity contribution < 1.29 is 0 Å². The summed E-state index contributed by atoms with van der Waals surface area (Å²) in [4.78, 5) is 0. The molecule has 0 fully saturated rings. The number of benzene rings is 13. The highest BCUT2D eigenvalue weighted by atomic mass is 14.2. The predicted molar refractivity (Wildman–Crippen MR) is 353 cm³/mol. The Bertz CT molecular complexity index is 4140. The molecule has 0 spiro atoms. The van der Waals surface area contributed by atoms with Crippen LogP contribution in [0.4, 0.5) is 0 Å². The van der Waals surface area contributed by atoms with Gasteiger partial charge in [0.15, 0.2) is 0 Å². The van der Waals surface area contributed by atoms with Crippen LogP contribution in [0.5, 0.6) is 0 Å². The molecule has 0 aromatic heterocycles. The van der Waals surface area contributed by atoms with E-state index in [1.54, 1.807) is 6.08 Å². The fourth-order valence-corrected chi connectivity index (χ4v) is 10.8. The van der Waals surface area contributed by atoms with E-state index in [1.807, 2.05) is 49.4 Å². The Kier molecular flexibility index (Phi) is 17.6. The first-order valence-corrected chi connectivity index (χ1v) is 28.1. The average molecular weight is 1030 g/mol. The highest BCUT2D eigenvalue weighted by Crippen LogP contribution is 2.46. The maximum atomic E-state index is 3.51. The number of rotatable bonds is 9. The number of hydrogen-bond donors (Lipinski definition) is 0. The van der Waals surface area contributed by atoms with Crippen LogP contribution in [-0.4, -0.2) is 0 Å². The van der Waals surface area contributed by atoms with Crippen LogP contribution in [0.2, 0.25) is 0 Å². The van der Waals surface area contributed by atoms with Gasteiger partial charge in [0.25, 0.3) is 0 Å². The Morgan fingerprint density at radius 2 is 0.575 bits per heavy atom. The van der Waals surface area contributed by atoms with Gasteiger partial charge in [0.1, 0.15) is 0 Å². The summed E-state index contributed by atoms with van der Waals surface area (Å²) in [5.74, 6) is 0. The summed E-state index contributed by atoms with van der Waals surface area (Å²) >= 11 is 0. The summed E-state index contributed by atoms with van der Waals surface area (Å²) in [6, 6.07) is 99.4. The Balaban J connectivity index is 0.000000346. The number of fused-ring (bicyclic) bond motifs is 5. The van der Waals surface area contributed by atoms with E-state index in [1.165, 1.54) is 139 Å². The van der Waals surface area contributed by atoms with E-state index >= 15 is 0 Å². The Hall–Kier alpha value is -9.62. The van der Waals surface area contributed by atoms with Crippen LogP contribution in [0.15, 0.2) is 310 Å². The third-order valence-electron chi connectivity index (χ3n) is 14.8. The van der Waals surface area contributed by atoms with Gasteiger partial charge in [0.2, 0.25) is 0 Å². The molecular formula is C80H68. The number of hydrogen-bond acceptors (Lipinski definition) is 0. The maximum Gasteiger partial charge on any atom is -0.00262 e. The molecule has 0 aliphatic carbocycles. The Morgan fingerprint density at radius 1 is 0.275 bits per heavy atom. The molecule has 0 nitrogen and oxygen atoms in total. The molecule has 0 atom stereocenters. The third kappa shape index (κ3) is 11.9. The van der Waals surface area contributed by atoms with E-state index < -0.39 is 0 Å². The van der Waals surface area contributed by atoms with Crippen LogP contribution in [0.25, 0.3) is 121 Å². The van der Waals surface area contributed by atoms with Gasteiger partial charge in [-0.15, -0.1) is 0 Å². The molecule has 0 aliphatic heterocycles. The summed E-state index contributed by atoms with van der Waals surface area (Å²) in [7, 11) is 0. The molecule has 388 valence electrons. The van der Waals surface area contributed by atoms with Crippen molar-refractivity contribution in [3.63, 3.8) is 0 Å². The van der Waals surface area contributed by atoms with Crippen LogP contribution in [0.3, 0.4) is 0 Å². The minimum absolute atomic E-state index is 1.20. The lowest BCUT2D eigenvalue weighted by molar-refractivity contribution is 0.886. The fraction of sp³-hybridized carbons (Fsp3) is 0.0750. The zero-order valence-electron chi connectivity index (χ0n) is 46.5. The molecule has 13 aromatic carbocycles. The first-order chi connectivity index (χ1) is 39.5. The van der Waals surface area contributed by atoms with Crippen molar-refractivity contribution in [3.8, 4) is 66.8 Å². The SMILES string of the molecule is C=C/C=C\C=C/C.CCCC.Cc1ccccc1.c1ccc(-c2cccc(-c3c4ccccc4c(-c4ccc(-c5ccc6cc(-c7c8ccccc8c(-c8ccccc8)c8ccccc78)ccc6c5)cc4)c4ccccc34)c2)cc1. The quantitative estimate of drug-likeness (QED) is 0.0998. The monoisotopic (exact) mass is 1030 g/mol. The van der Waals surface area contributed by atoms with Crippen molar-refractivity contribution in [2.24, 2.45) is 0 Å². The Morgan fingerprint density at radius 3 is 0.988 bits per heavy atom. The molecule has 0 aliphatic rings. The van der Waals surface area contributed by atoms with E-state index in [0.717, 1.165) is 0 Å². The van der Waals surface area contributed by atoms with Crippen molar-refractivity contribution in [2.45, 2.75) is 40.5 Å². The minimum Gasteiger partial charge on any atom is -0.0991 e. The molecule has 0 saturated heterocycles. The smallest absolute Gasteiger partial charge is 0.00262 e. The average Bonchev–Trinajstić information content (AvgIpc) is 3.57. The van der Waals surface area contributed by atoms with Gasteiger partial charge in [-0.1, -0.05) is 324 Å². The van der Waals surface area contributed by atoms with E-state index in [0.29, 0.717) is 0 Å². The topological polar surface area (TPSA) is 0 Å². The molecule has 0 saturated carbocycles. The molecule has 13 aromatic rings. The van der Waals surface area contributed by atoms with Crippen LogP contribution < -0.4 is 0 Å². The molecule has 0 unspecified atom stereocenters. The highest BCUT2D eigenvalue weighted by Gasteiger charge is 2.19. The van der Waals surface area contributed by atoms with Crippen LogP contribution >= 0.6 is 0 Å². The van der Waals surface area contributed by atoms with Gasteiger partial charge in [-0.05, 0) is 153 Å². The van der Waals surface area contributed by atoms with Gasteiger partial charge in [-0.2, -0.15) is 0 Å². The largest absolute Gasteiger partial charge is 0.0991 e. The summed E-state index contributed by atoms with van der Waals surface area (Å²) in [5.41, 5.74) is 16.2. The zero-order chi connectivity index (χ0) is 55.0. The lowest BCUT2D eigenvalue weighted by atomic mass is 9.85. The number of unbranched alkanes of at least 4 members (excludes halogenated alkanes) is 1. The van der Waals surface area contributed by atoms with Gasteiger partial charge in [0, 0.05) is 0 Å². The second kappa shape index (κ2) is 26.2. The molecule has 0 heterocycles. The normalized spacial score (nSPS) is 11.1. The summed E-state index contributed by atoms with van der Waals surface area (Å²) in [6.07, 6.45) is 12.1. The molecular weight excluding hydrogens is 961 g/mol. The number of aryl methyl sites for hydroxylation is 1. The molecule has 0 amide bonds. The van der Waals surface area contributed by atoms with Gasteiger partial charge in [-0.25, -0.2) is 0 Å². The van der Waals surface area contributed by atoms with Gasteiger partial charge in [0.05, 0.1) is 0 Å². The van der Waals surface area contributed by atoms with Crippen LogP contribution in [0.1, 0.15) is 39.2 Å². The molecule has 0 N–H and O–H groups in total. The van der Waals surface area contributed by atoms with Gasteiger partial charge in [-0.3, -0.25) is 0 Å². The standard InChI is InChI=1S/C62H40.C7H8.C7H10.C4H10/c1-3-16-41(17-4-1)45-20-15-21-49(39-45)61-55-26-11-9-24-53(55)60(54-25-10-12-27-56(54)61)44-32-30-42(31-33-44)46-34-35-48-40-50(37-36-47(48)38-46)62-57-28-13-7-22-51(57)59(43-18-5-2-6-19-43)52-23-8-14-29-58(52)62;1-7-5-3-2-4-6-7;1-3-5-7-6-4-2;1-3-4-2/h1-40H;2-6H,1H3;3-7H,1H2,2H3;3-4H2,1-2H3/b;;6-4-,7-5-;. The molecule has 0 bridgehead atoms. The van der Waals surface area contributed by atoms with Crippen molar-refractivity contribution in [3.05, 3.63) is 316 Å². The lowest BCUT2D eigenvalue weighted by Gasteiger charge is -2.18. The summed E-state index contributed by atoms with van der Waals surface area (Å²) in [6.45, 7) is 11.9. The van der Waals surface area contributed by atoms with E-state index in [9.17, 15) is 0 Å². The lowest BCUT2D eigenvalue weighted by Crippen LogP contribution is -1.91. The molecule has 0 radical (unpaired) electrons. The van der Waals surface area contributed by atoms with Crippen molar-refractivity contribution in [1.29, 1.82) is 0 Å². The van der Waals surface area contributed by atoms with Gasteiger partial charge >= 0.3 is 0 Å². The van der Waals surface area contributed by atoms with Crippen LogP contribution in [-0.2, 0) is 0 Å². The van der Waals surface area contributed by atoms with E-state index in [4.69, 9.17) is 0 Å². The molecule has 80 heavy (non-hydrogen) atoms. The van der Waals surface area contributed by atoms with Crippen molar-refractivity contribution >= 4 is 53.9 Å². The summed E-state index contributed by atoms with van der Waals surface area (Å²) in [5, 5.41) is 12.6. The maximum absolute atomic E-state index is 3.51. The summed E-state index contributed by atoms with van der Waals surface area (Å²) < 4.78 is 0. The minimum atomic E-state index is 1.20. The Labute approximate surface area is 474 Å². The number of allylic oxidation sites excluding steroid dienone is 5. The van der Waals surface area contributed by atoms with Gasteiger partial charge < -0.3 is 0 Å². The first kappa shape index (κ1) is 53.8. The second-order valence-corrected chi connectivity index (χ2v) is 20.2. The van der Waals surface area contributed by atoms with Crippen molar-refractivity contribution in [2.75, 3.05) is 0 Å². The van der Waals surface area contributed by atoms with E-state index in [2.05, 4.69) is 282 Å². The highest BCUT2D eigenvalue weighted by molar-refractivity contribution is 6.23.